The number of anilines is 1. The lowest BCUT2D eigenvalue weighted by Crippen LogP contribution is -2.28. The summed E-state index contributed by atoms with van der Waals surface area (Å²) in [5.41, 5.74) is 1.46. The number of nitrogens with one attached hydrogen (secondary N) is 1. The van der Waals surface area contributed by atoms with E-state index in [9.17, 15) is 14.9 Å². The standard InChI is InChI=1S/C23H22N4O4/c1-4-31-22(29)19-20(30-3)21(28)27(2)23(26-19)25-18(16-10-6-5-7-11-16)17-12-8-9-15(13-17)14-24/h5-13,18H,4H2,1-3H3,(H,25,26). The summed E-state index contributed by atoms with van der Waals surface area (Å²) in [5.74, 6) is -0.776. The molecule has 0 spiro atoms. The molecule has 1 unspecified atom stereocenters. The van der Waals surface area contributed by atoms with Gasteiger partial charge in [0.1, 0.15) is 0 Å². The van der Waals surface area contributed by atoms with Gasteiger partial charge in [0.2, 0.25) is 11.7 Å². The highest BCUT2D eigenvalue weighted by Gasteiger charge is 2.24. The number of esters is 1. The van der Waals surface area contributed by atoms with Gasteiger partial charge in [0.25, 0.3) is 5.56 Å². The van der Waals surface area contributed by atoms with Crippen LogP contribution in [0.25, 0.3) is 0 Å². The first-order valence-corrected chi connectivity index (χ1v) is 9.63. The zero-order valence-electron chi connectivity index (χ0n) is 17.5. The molecule has 0 saturated heterocycles. The number of nitriles is 1. The third-order valence-electron chi connectivity index (χ3n) is 4.68. The summed E-state index contributed by atoms with van der Waals surface area (Å²) in [5, 5.41) is 12.5. The van der Waals surface area contributed by atoms with E-state index in [0.717, 1.165) is 11.1 Å². The quantitative estimate of drug-likeness (QED) is 0.588. The summed E-state index contributed by atoms with van der Waals surface area (Å²) in [6.07, 6.45) is 0. The minimum Gasteiger partial charge on any atom is -0.489 e. The number of carbonyl (C=O) groups excluding carboxylic acids is 1. The molecule has 0 aliphatic carbocycles. The van der Waals surface area contributed by atoms with Crippen LogP contribution in [-0.4, -0.2) is 29.2 Å². The van der Waals surface area contributed by atoms with E-state index in [2.05, 4.69) is 16.4 Å². The summed E-state index contributed by atoms with van der Waals surface area (Å²) in [7, 11) is 2.83. The third-order valence-corrected chi connectivity index (χ3v) is 4.68. The average molecular weight is 418 g/mol. The van der Waals surface area contributed by atoms with Crippen molar-refractivity contribution >= 4 is 11.9 Å². The van der Waals surface area contributed by atoms with Gasteiger partial charge in [0.15, 0.2) is 5.69 Å². The van der Waals surface area contributed by atoms with Gasteiger partial charge in [-0.1, -0.05) is 42.5 Å². The molecule has 31 heavy (non-hydrogen) atoms. The molecule has 158 valence electrons. The number of aromatic nitrogens is 2. The fourth-order valence-corrected chi connectivity index (χ4v) is 3.15. The van der Waals surface area contributed by atoms with Crippen molar-refractivity contribution in [2.45, 2.75) is 13.0 Å². The number of benzene rings is 2. The van der Waals surface area contributed by atoms with E-state index in [1.807, 2.05) is 36.4 Å². The molecule has 3 rings (SSSR count). The second kappa shape index (κ2) is 9.59. The first-order chi connectivity index (χ1) is 15.0. The van der Waals surface area contributed by atoms with Gasteiger partial charge in [0.05, 0.1) is 31.4 Å². The van der Waals surface area contributed by atoms with Crippen molar-refractivity contribution in [2.24, 2.45) is 7.05 Å². The summed E-state index contributed by atoms with van der Waals surface area (Å²) < 4.78 is 11.4. The van der Waals surface area contributed by atoms with Crippen molar-refractivity contribution in [2.75, 3.05) is 19.0 Å². The van der Waals surface area contributed by atoms with Crippen LogP contribution in [0.15, 0.2) is 59.4 Å². The Hall–Kier alpha value is -4.12. The highest BCUT2D eigenvalue weighted by atomic mass is 16.5. The van der Waals surface area contributed by atoms with Gasteiger partial charge in [-0.05, 0) is 30.2 Å². The van der Waals surface area contributed by atoms with Crippen molar-refractivity contribution < 1.29 is 14.3 Å². The van der Waals surface area contributed by atoms with Crippen LogP contribution in [0.3, 0.4) is 0 Å². The maximum absolute atomic E-state index is 12.8. The smallest absolute Gasteiger partial charge is 0.361 e. The lowest BCUT2D eigenvalue weighted by Gasteiger charge is -2.22. The number of rotatable bonds is 7. The zero-order valence-corrected chi connectivity index (χ0v) is 17.5. The van der Waals surface area contributed by atoms with E-state index >= 15 is 0 Å². The molecule has 0 aliphatic rings. The number of carbonyl (C=O) groups is 1. The summed E-state index contributed by atoms with van der Waals surface area (Å²) in [6, 6.07) is 18.4. The molecule has 1 atom stereocenters. The molecule has 2 aromatic carbocycles. The van der Waals surface area contributed by atoms with Gasteiger partial charge in [-0.15, -0.1) is 0 Å². The van der Waals surface area contributed by atoms with Crippen LogP contribution in [0.1, 0.15) is 40.1 Å². The van der Waals surface area contributed by atoms with Crippen LogP contribution < -0.4 is 15.6 Å². The van der Waals surface area contributed by atoms with E-state index in [0.29, 0.717) is 5.56 Å². The van der Waals surface area contributed by atoms with Gasteiger partial charge >= 0.3 is 5.97 Å². The summed E-state index contributed by atoms with van der Waals surface area (Å²) in [6.45, 7) is 1.80. The van der Waals surface area contributed by atoms with Crippen LogP contribution in [0, 0.1) is 11.3 Å². The monoisotopic (exact) mass is 418 g/mol. The number of hydrogen-bond donors (Lipinski definition) is 1. The Morgan fingerprint density at radius 3 is 2.55 bits per heavy atom. The highest BCUT2D eigenvalue weighted by molar-refractivity contribution is 5.90. The van der Waals surface area contributed by atoms with Crippen molar-refractivity contribution in [1.82, 2.24) is 9.55 Å². The molecule has 0 amide bonds. The molecular weight excluding hydrogens is 396 g/mol. The Morgan fingerprint density at radius 2 is 1.90 bits per heavy atom. The molecule has 1 N–H and O–H groups in total. The highest BCUT2D eigenvalue weighted by Crippen LogP contribution is 2.27. The van der Waals surface area contributed by atoms with Crippen molar-refractivity contribution in [3.63, 3.8) is 0 Å². The molecular formula is C23H22N4O4. The third kappa shape index (κ3) is 4.56. The predicted octanol–water partition coefficient (Wildman–Crippen LogP) is 3.04. The zero-order chi connectivity index (χ0) is 22.4. The van der Waals surface area contributed by atoms with Crippen molar-refractivity contribution in [1.29, 1.82) is 5.26 Å². The second-order valence-electron chi connectivity index (χ2n) is 6.63. The normalized spacial score (nSPS) is 11.3. The Kier molecular flexibility index (Phi) is 6.67. The van der Waals surface area contributed by atoms with Gasteiger partial charge in [-0.2, -0.15) is 5.26 Å². The van der Waals surface area contributed by atoms with E-state index < -0.39 is 17.6 Å². The van der Waals surface area contributed by atoms with Crippen LogP contribution >= 0.6 is 0 Å². The maximum Gasteiger partial charge on any atom is 0.361 e. The van der Waals surface area contributed by atoms with Crippen molar-refractivity contribution in [3.05, 3.63) is 87.3 Å². The molecule has 0 fully saturated rings. The fourth-order valence-electron chi connectivity index (χ4n) is 3.15. The molecule has 0 radical (unpaired) electrons. The molecule has 8 heteroatoms. The minimum atomic E-state index is -0.747. The number of nitrogens with zero attached hydrogens (tertiary/aromatic N) is 3. The molecule has 0 bridgehead atoms. The molecule has 0 saturated carbocycles. The Morgan fingerprint density at radius 1 is 1.19 bits per heavy atom. The van der Waals surface area contributed by atoms with E-state index in [1.54, 1.807) is 25.1 Å². The van der Waals surface area contributed by atoms with Crippen LogP contribution in [0.5, 0.6) is 5.75 Å². The van der Waals surface area contributed by atoms with Gasteiger partial charge in [-0.3, -0.25) is 9.36 Å². The van der Waals surface area contributed by atoms with Crippen molar-refractivity contribution in [3.8, 4) is 11.8 Å². The lowest BCUT2D eigenvalue weighted by atomic mass is 9.97. The topological polar surface area (TPSA) is 106 Å². The first kappa shape index (κ1) is 21.6. The van der Waals surface area contributed by atoms with Gasteiger partial charge in [0, 0.05) is 7.05 Å². The summed E-state index contributed by atoms with van der Waals surface area (Å²) in [4.78, 5) is 29.5. The molecule has 8 nitrogen and oxygen atoms in total. The van der Waals surface area contributed by atoms with Gasteiger partial charge < -0.3 is 14.8 Å². The first-order valence-electron chi connectivity index (χ1n) is 9.63. The minimum absolute atomic E-state index is 0.134. The Bertz CT molecular complexity index is 1180. The Balaban J connectivity index is 2.14. The molecule has 1 aromatic heterocycles. The van der Waals surface area contributed by atoms with E-state index in [-0.39, 0.29) is 24.0 Å². The average Bonchev–Trinajstić information content (AvgIpc) is 2.80. The lowest BCUT2D eigenvalue weighted by molar-refractivity contribution is 0.0514. The van der Waals surface area contributed by atoms with Crippen LogP contribution in [-0.2, 0) is 11.8 Å². The molecule has 1 heterocycles. The van der Waals surface area contributed by atoms with Crippen LogP contribution in [0.2, 0.25) is 0 Å². The predicted molar refractivity (Wildman–Crippen MR) is 115 cm³/mol. The van der Waals surface area contributed by atoms with Gasteiger partial charge in [-0.25, -0.2) is 9.78 Å². The number of methoxy groups -OCH3 is 1. The van der Waals surface area contributed by atoms with E-state index in [4.69, 9.17) is 9.47 Å². The van der Waals surface area contributed by atoms with E-state index in [1.165, 1.54) is 18.7 Å². The largest absolute Gasteiger partial charge is 0.489 e. The maximum atomic E-state index is 12.8. The number of ether oxygens (including phenoxy) is 2. The Labute approximate surface area is 179 Å². The molecule has 3 aromatic rings. The van der Waals surface area contributed by atoms with Crippen LogP contribution in [0.4, 0.5) is 5.95 Å². The summed E-state index contributed by atoms with van der Waals surface area (Å²) >= 11 is 0. The SMILES string of the molecule is CCOC(=O)c1nc(NC(c2ccccc2)c2cccc(C#N)c2)n(C)c(=O)c1OC. The fraction of sp³-hybridized carbons (Fsp3) is 0.217. The second-order valence-corrected chi connectivity index (χ2v) is 6.63. The number of hydrogen-bond acceptors (Lipinski definition) is 7. The molecule has 0 aliphatic heterocycles.